The van der Waals surface area contributed by atoms with E-state index in [0.717, 1.165) is 19.3 Å². The first-order valence-corrected chi connectivity index (χ1v) is 5.64. The van der Waals surface area contributed by atoms with Gasteiger partial charge in [0.2, 0.25) is 5.91 Å². The molecule has 0 heterocycles. The highest BCUT2D eigenvalue weighted by Crippen LogP contribution is 2.02. The van der Waals surface area contributed by atoms with Crippen LogP contribution in [0.4, 0.5) is 0 Å². The standard InChI is InChI=1S/C11H23N3O2/c1-9(15)10(13-2)6-4-5-7-14(3)11(16)8-12/h10,13H,4-8,12H2,1-3H3. The third kappa shape index (κ3) is 5.82. The largest absolute Gasteiger partial charge is 0.345 e. The smallest absolute Gasteiger partial charge is 0.236 e. The van der Waals surface area contributed by atoms with Gasteiger partial charge in [-0.2, -0.15) is 0 Å². The van der Waals surface area contributed by atoms with Crippen molar-refractivity contribution in [2.24, 2.45) is 5.73 Å². The molecule has 0 aliphatic rings. The SMILES string of the molecule is CNC(CCCCN(C)C(=O)CN)C(C)=O. The molecule has 0 bridgehead atoms. The molecule has 94 valence electrons. The molecule has 0 rings (SSSR count). The number of nitrogens with one attached hydrogen (secondary N) is 1. The van der Waals surface area contributed by atoms with E-state index < -0.39 is 0 Å². The van der Waals surface area contributed by atoms with Gasteiger partial charge in [-0.25, -0.2) is 0 Å². The number of nitrogens with two attached hydrogens (primary N) is 1. The molecule has 1 unspecified atom stereocenters. The maximum absolute atomic E-state index is 11.1. The Labute approximate surface area is 97.4 Å². The van der Waals surface area contributed by atoms with E-state index in [1.807, 2.05) is 0 Å². The Morgan fingerprint density at radius 1 is 1.38 bits per heavy atom. The third-order valence-electron chi connectivity index (χ3n) is 2.68. The fraction of sp³-hybridized carbons (Fsp3) is 0.818. The number of nitrogens with zero attached hydrogens (tertiary/aromatic N) is 1. The van der Waals surface area contributed by atoms with E-state index in [-0.39, 0.29) is 24.3 Å². The van der Waals surface area contributed by atoms with Gasteiger partial charge in [-0.05, 0) is 33.2 Å². The predicted octanol–water partition coefficient (Wildman–Crippen LogP) is -0.249. The van der Waals surface area contributed by atoms with Crippen molar-refractivity contribution >= 4 is 11.7 Å². The molecule has 0 aliphatic carbocycles. The van der Waals surface area contributed by atoms with E-state index >= 15 is 0 Å². The number of amides is 1. The van der Waals surface area contributed by atoms with Crippen LogP contribution in [0.25, 0.3) is 0 Å². The summed E-state index contributed by atoms with van der Waals surface area (Å²) in [5.74, 6) is 0.116. The number of ketones is 1. The van der Waals surface area contributed by atoms with Gasteiger partial charge >= 0.3 is 0 Å². The van der Waals surface area contributed by atoms with Gasteiger partial charge in [0, 0.05) is 13.6 Å². The highest BCUT2D eigenvalue weighted by atomic mass is 16.2. The first kappa shape index (κ1) is 15.1. The maximum Gasteiger partial charge on any atom is 0.236 e. The van der Waals surface area contributed by atoms with Crippen LogP contribution in [0.3, 0.4) is 0 Å². The second kappa shape index (κ2) is 8.24. The highest BCUT2D eigenvalue weighted by Gasteiger charge is 2.11. The zero-order chi connectivity index (χ0) is 12.6. The normalized spacial score (nSPS) is 12.2. The van der Waals surface area contributed by atoms with Gasteiger partial charge in [-0.3, -0.25) is 9.59 Å². The Kier molecular flexibility index (Phi) is 7.76. The molecule has 0 spiro atoms. The number of carbonyl (C=O) groups excluding carboxylic acids is 2. The molecule has 0 fully saturated rings. The van der Waals surface area contributed by atoms with E-state index in [1.54, 1.807) is 25.9 Å². The van der Waals surface area contributed by atoms with Crippen LogP contribution < -0.4 is 11.1 Å². The van der Waals surface area contributed by atoms with Gasteiger partial charge in [0.05, 0.1) is 12.6 Å². The van der Waals surface area contributed by atoms with Crippen molar-refractivity contribution in [2.45, 2.75) is 32.2 Å². The Hall–Kier alpha value is -0.940. The number of hydrogen-bond donors (Lipinski definition) is 2. The summed E-state index contributed by atoms with van der Waals surface area (Å²) < 4.78 is 0. The predicted molar refractivity (Wildman–Crippen MR) is 64.1 cm³/mol. The summed E-state index contributed by atoms with van der Waals surface area (Å²) in [6.45, 7) is 2.35. The third-order valence-corrected chi connectivity index (χ3v) is 2.68. The van der Waals surface area contributed by atoms with Crippen molar-refractivity contribution in [1.29, 1.82) is 0 Å². The molecule has 3 N–H and O–H groups in total. The van der Waals surface area contributed by atoms with Gasteiger partial charge in [0.15, 0.2) is 0 Å². The second-order valence-corrected chi connectivity index (χ2v) is 3.97. The Bertz CT molecular complexity index is 231. The minimum Gasteiger partial charge on any atom is -0.345 e. The molecule has 0 aromatic heterocycles. The molecular formula is C11H23N3O2. The van der Waals surface area contributed by atoms with Gasteiger partial charge < -0.3 is 16.0 Å². The van der Waals surface area contributed by atoms with Crippen molar-refractivity contribution in [3.05, 3.63) is 0 Å². The summed E-state index contributed by atoms with van der Waals surface area (Å²) in [4.78, 5) is 23.9. The number of likely N-dealkylation sites (N-methyl/N-ethyl adjacent to an activating group) is 2. The maximum atomic E-state index is 11.1. The summed E-state index contributed by atoms with van der Waals surface area (Å²) >= 11 is 0. The molecule has 16 heavy (non-hydrogen) atoms. The lowest BCUT2D eigenvalue weighted by atomic mass is 10.1. The number of rotatable bonds is 8. The first-order valence-electron chi connectivity index (χ1n) is 5.64. The number of unbranched alkanes of at least 4 members (excludes halogenated alkanes) is 1. The van der Waals surface area contributed by atoms with Crippen LogP contribution in [-0.2, 0) is 9.59 Å². The average Bonchev–Trinajstić information content (AvgIpc) is 2.27. The first-order chi connectivity index (χ1) is 7.52. The molecule has 0 saturated heterocycles. The zero-order valence-electron chi connectivity index (χ0n) is 10.5. The minimum absolute atomic E-state index is 0.0447. The van der Waals surface area contributed by atoms with E-state index in [9.17, 15) is 9.59 Å². The fourth-order valence-corrected chi connectivity index (χ4v) is 1.53. The summed E-state index contributed by atoms with van der Waals surface area (Å²) in [5, 5.41) is 2.97. The minimum atomic E-state index is -0.0597. The Morgan fingerprint density at radius 2 is 2.00 bits per heavy atom. The molecule has 1 atom stereocenters. The monoisotopic (exact) mass is 229 g/mol. The van der Waals surface area contributed by atoms with Gasteiger partial charge in [0.25, 0.3) is 0 Å². The van der Waals surface area contributed by atoms with Crippen LogP contribution in [0.1, 0.15) is 26.2 Å². The average molecular weight is 229 g/mol. The van der Waals surface area contributed by atoms with Crippen LogP contribution in [0, 0.1) is 0 Å². The quantitative estimate of drug-likeness (QED) is 0.563. The molecule has 0 aromatic carbocycles. The van der Waals surface area contributed by atoms with Crippen LogP contribution in [0.2, 0.25) is 0 Å². The summed E-state index contributed by atoms with van der Waals surface area (Å²) in [6, 6.07) is -0.0597. The van der Waals surface area contributed by atoms with Crippen LogP contribution >= 0.6 is 0 Å². The van der Waals surface area contributed by atoms with Crippen LogP contribution in [0.5, 0.6) is 0 Å². The zero-order valence-corrected chi connectivity index (χ0v) is 10.5. The highest BCUT2D eigenvalue weighted by molar-refractivity contribution is 5.81. The van der Waals surface area contributed by atoms with E-state index in [0.29, 0.717) is 6.54 Å². The Morgan fingerprint density at radius 3 is 2.44 bits per heavy atom. The van der Waals surface area contributed by atoms with Crippen molar-refractivity contribution < 1.29 is 9.59 Å². The molecule has 0 aromatic rings. The molecule has 1 amide bonds. The lowest BCUT2D eigenvalue weighted by molar-refractivity contribution is -0.128. The summed E-state index contributed by atoms with van der Waals surface area (Å²) in [7, 11) is 3.53. The number of carbonyl (C=O) groups is 2. The van der Waals surface area contributed by atoms with Crippen molar-refractivity contribution in [2.75, 3.05) is 27.2 Å². The van der Waals surface area contributed by atoms with Gasteiger partial charge in [0.1, 0.15) is 5.78 Å². The molecular weight excluding hydrogens is 206 g/mol. The van der Waals surface area contributed by atoms with Crippen LogP contribution in [-0.4, -0.2) is 49.8 Å². The topological polar surface area (TPSA) is 75.4 Å². The molecule has 0 saturated carbocycles. The van der Waals surface area contributed by atoms with Gasteiger partial charge in [-0.1, -0.05) is 0 Å². The van der Waals surface area contributed by atoms with Crippen LogP contribution in [0.15, 0.2) is 0 Å². The van der Waals surface area contributed by atoms with Crippen molar-refractivity contribution in [3.8, 4) is 0 Å². The Balaban J connectivity index is 3.67. The van der Waals surface area contributed by atoms with Crippen molar-refractivity contribution in [1.82, 2.24) is 10.2 Å². The van der Waals surface area contributed by atoms with E-state index in [2.05, 4.69) is 5.32 Å². The molecule has 5 nitrogen and oxygen atoms in total. The van der Waals surface area contributed by atoms with Gasteiger partial charge in [-0.15, -0.1) is 0 Å². The number of Topliss-reactive ketones (excluding diaryl/α,β-unsaturated/α-hetero) is 1. The molecule has 0 radical (unpaired) electrons. The summed E-state index contributed by atoms with van der Waals surface area (Å²) in [6.07, 6.45) is 2.64. The second-order valence-electron chi connectivity index (χ2n) is 3.97. The lowest BCUT2D eigenvalue weighted by Crippen LogP contribution is -2.34. The molecule has 0 aliphatic heterocycles. The number of hydrogen-bond acceptors (Lipinski definition) is 4. The lowest BCUT2D eigenvalue weighted by Gasteiger charge is -2.17. The van der Waals surface area contributed by atoms with E-state index in [4.69, 9.17) is 5.73 Å². The van der Waals surface area contributed by atoms with Crippen molar-refractivity contribution in [3.63, 3.8) is 0 Å². The summed E-state index contributed by atoms with van der Waals surface area (Å²) in [5.41, 5.74) is 5.24. The van der Waals surface area contributed by atoms with E-state index in [1.165, 1.54) is 0 Å². The fourth-order valence-electron chi connectivity index (χ4n) is 1.53. The molecule has 5 heteroatoms.